The molecule has 2 aromatic carbocycles. The van der Waals surface area contributed by atoms with E-state index < -0.39 is 0 Å². The summed E-state index contributed by atoms with van der Waals surface area (Å²) < 4.78 is 10.1. The van der Waals surface area contributed by atoms with Crippen molar-refractivity contribution in [1.29, 1.82) is 0 Å². The first kappa shape index (κ1) is 25.7. The Morgan fingerprint density at radius 3 is 2.74 bits per heavy atom. The van der Waals surface area contributed by atoms with Crippen LogP contribution in [-0.2, 0) is 11.2 Å². The van der Waals surface area contributed by atoms with Crippen molar-refractivity contribution in [1.82, 2.24) is 34.7 Å². The first-order valence-corrected chi connectivity index (χ1v) is 13.7. The minimum Gasteiger partial charge on any atom is -0.377 e. The fourth-order valence-corrected chi connectivity index (χ4v) is 5.45. The predicted octanol–water partition coefficient (Wildman–Crippen LogP) is 5.12. The van der Waals surface area contributed by atoms with Gasteiger partial charge < -0.3 is 9.64 Å². The summed E-state index contributed by atoms with van der Waals surface area (Å²) in [5, 5.41) is 14.8. The maximum Gasteiger partial charge on any atom is 0.255 e. The molecule has 1 aliphatic heterocycles. The van der Waals surface area contributed by atoms with Crippen molar-refractivity contribution >= 4 is 44.5 Å². The first-order chi connectivity index (χ1) is 18.9. The van der Waals surface area contributed by atoms with E-state index >= 15 is 0 Å². The van der Waals surface area contributed by atoms with Gasteiger partial charge in [0, 0.05) is 23.1 Å². The number of benzene rings is 2. The van der Waals surface area contributed by atoms with E-state index in [0.29, 0.717) is 42.4 Å². The minimum atomic E-state index is -0.193. The number of amides is 1. The third kappa shape index (κ3) is 4.95. The van der Waals surface area contributed by atoms with Crippen LogP contribution in [0.3, 0.4) is 0 Å². The van der Waals surface area contributed by atoms with Crippen molar-refractivity contribution in [2.24, 2.45) is 0 Å². The lowest BCUT2D eigenvalue weighted by Gasteiger charge is -2.35. The summed E-state index contributed by atoms with van der Waals surface area (Å²) in [6.45, 7) is 5.19. The number of carbonyl (C=O) groups is 1. The number of aryl methyl sites for hydroxylation is 2. The zero-order chi connectivity index (χ0) is 27.1. The number of para-hydroxylation sites is 1. The smallest absolute Gasteiger partial charge is 0.255 e. The fourth-order valence-electron chi connectivity index (χ4n) is 4.97. The maximum atomic E-state index is 14.1. The molecule has 3 aromatic heterocycles. The summed E-state index contributed by atoms with van der Waals surface area (Å²) in [5.41, 5.74) is 5.27. The van der Waals surface area contributed by atoms with Crippen LogP contribution in [-0.4, -0.2) is 66.4 Å². The highest BCUT2D eigenvalue weighted by Crippen LogP contribution is 2.28. The molecule has 1 atom stereocenters. The standard InChI is InChI=1S/C28H25BrClN7O2/c1-17-12-23(26-18(2)33-37(27(26)31-17)20-6-4-3-5-7-20)28(38)35-10-11-39-16-22(35)13-19-15-36(34-32-19)21-8-9-25(30)24(29)14-21/h3-9,12,14-15,22H,10-11,13,16H2,1-2H3. The van der Waals surface area contributed by atoms with Gasteiger partial charge in [0.2, 0.25) is 0 Å². The van der Waals surface area contributed by atoms with Gasteiger partial charge in [0.15, 0.2) is 5.65 Å². The number of hydrogen-bond acceptors (Lipinski definition) is 6. The average molecular weight is 607 g/mol. The first-order valence-electron chi connectivity index (χ1n) is 12.6. The van der Waals surface area contributed by atoms with Crippen LogP contribution in [0.1, 0.15) is 27.4 Å². The number of carbonyl (C=O) groups excluding carboxylic acids is 1. The van der Waals surface area contributed by atoms with Crippen LogP contribution >= 0.6 is 27.5 Å². The molecule has 6 rings (SSSR count). The van der Waals surface area contributed by atoms with Crippen molar-refractivity contribution in [3.8, 4) is 11.4 Å². The summed E-state index contributed by atoms with van der Waals surface area (Å²) in [6, 6.07) is 17.1. The average Bonchev–Trinajstić information content (AvgIpc) is 3.54. The van der Waals surface area contributed by atoms with Crippen molar-refractivity contribution in [2.45, 2.75) is 26.3 Å². The van der Waals surface area contributed by atoms with E-state index in [1.165, 1.54) is 0 Å². The molecule has 1 amide bonds. The van der Waals surface area contributed by atoms with Gasteiger partial charge in [-0.2, -0.15) is 5.10 Å². The van der Waals surface area contributed by atoms with Crippen molar-refractivity contribution < 1.29 is 9.53 Å². The second kappa shape index (κ2) is 10.5. The summed E-state index contributed by atoms with van der Waals surface area (Å²) in [4.78, 5) is 20.8. The van der Waals surface area contributed by atoms with Gasteiger partial charge in [-0.25, -0.2) is 14.3 Å². The predicted molar refractivity (Wildman–Crippen MR) is 152 cm³/mol. The normalized spacial score (nSPS) is 15.7. The number of fused-ring (bicyclic) bond motifs is 1. The summed E-state index contributed by atoms with van der Waals surface area (Å²) in [7, 11) is 0. The van der Waals surface area contributed by atoms with E-state index in [4.69, 9.17) is 26.4 Å². The van der Waals surface area contributed by atoms with Crippen LogP contribution in [0.15, 0.2) is 65.3 Å². The Morgan fingerprint density at radius 1 is 1.13 bits per heavy atom. The molecule has 0 spiro atoms. The number of morpholine rings is 1. The van der Waals surface area contributed by atoms with Gasteiger partial charge in [0.1, 0.15) is 0 Å². The second-order valence-corrected chi connectivity index (χ2v) is 10.8. The van der Waals surface area contributed by atoms with Crippen LogP contribution in [0.25, 0.3) is 22.4 Å². The Bertz CT molecular complexity index is 1680. The molecule has 39 heavy (non-hydrogen) atoms. The zero-order valence-corrected chi connectivity index (χ0v) is 23.7. The molecule has 1 saturated heterocycles. The SMILES string of the molecule is Cc1cc(C(=O)N2CCOCC2Cc2cn(-c3ccc(Cl)c(Br)c3)nn2)c2c(C)nn(-c3ccccc3)c2n1. The molecule has 11 heteroatoms. The molecule has 1 fully saturated rings. The number of pyridine rings is 1. The third-order valence-electron chi connectivity index (χ3n) is 6.81. The Morgan fingerprint density at radius 2 is 1.95 bits per heavy atom. The topological polar surface area (TPSA) is 91.0 Å². The number of hydrogen-bond donors (Lipinski definition) is 0. The van der Waals surface area contributed by atoms with E-state index in [1.807, 2.05) is 73.5 Å². The number of ether oxygens (including phenoxy) is 1. The summed E-state index contributed by atoms with van der Waals surface area (Å²) >= 11 is 9.59. The van der Waals surface area contributed by atoms with E-state index in [1.54, 1.807) is 15.4 Å². The van der Waals surface area contributed by atoms with Crippen LogP contribution in [0.2, 0.25) is 5.02 Å². The lowest BCUT2D eigenvalue weighted by atomic mass is 10.0. The van der Waals surface area contributed by atoms with Crippen molar-refractivity contribution in [3.63, 3.8) is 0 Å². The van der Waals surface area contributed by atoms with E-state index in [2.05, 4.69) is 26.2 Å². The molecule has 1 unspecified atom stereocenters. The lowest BCUT2D eigenvalue weighted by Crippen LogP contribution is -2.49. The van der Waals surface area contributed by atoms with Crippen LogP contribution in [0, 0.1) is 13.8 Å². The van der Waals surface area contributed by atoms with Gasteiger partial charge in [0.05, 0.1) is 64.2 Å². The molecule has 1 aliphatic rings. The molecule has 4 heterocycles. The quantitative estimate of drug-likeness (QED) is 0.276. The van der Waals surface area contributed by atoms with E-state index in [9.17, 15) is 4.79 Å². The molecule has 0 radical (unpaired) electrons. The molecular weight excluding hydrogens is 582 g/mol. The highest BCUT2D eigenvalue weighted by Gasteiger charge is 2.31. The maximum absolute atomic E-state index is 14.1. The van der Waals surface area contributed by atoms with Gasteiger partial charge in [-0.05, 0) is 66.2 Å². The fraction of sp³-hybridized carbons (Fsp3) is 0.250. The molecular formula is C28H25BrClN7O2. The largest absolute Gasteiger partial charge is 0.377 e. The monoisotopic (exact) mass is 605 g/mol. The Hall–Kier alpha value is -3.60. The molecule has 0 saturated carbocycles. The lowest BCUT2D eigenvalue weighted by molar-refractivity contribution is -0.00179. The van der Waals surface area contributed by atoms with E-state index in [-0.39, 0.29) is 11.9 Å². The van der Waals surface area contributed by atoms with Gasteiger partial charge >= 0.3 is 0 Å². The van der Waals surface area contributed by atoms with Gasteiger partial charge in [-0.3, -0.25) is 4.79 Å². The summed E-state index contributed by atoms with van der Waals surface area (Å²) in [5.74, 6) is -0.0662. The second-order valence-electron chi connectivity index (χ2n) is 9.53. The van der Waals surface area contributed by atoms with Crippen LogP contribution in [0.4, 0.5) is 0 Å². The minimum absolute atomic E-state index is 0.0662. The number of rotatable bonds is 5. The molecule has 5 aromatic rings. The molecule has 0 N–H and O–H groups in total. The third-order valence-corrected chi connectivity index (χ3v) is 8.03. The molecule has 9 nitrogen and oxygen atoms in total. The number of halogens is 2. The highest BCUT2D eigenvalue weighted by atomic mass is 79.9. The molecule has 0 aliphatic carbocycles. The molecule has 198 valence electrons. The van der Waals surface area contributed by atoms with Gasteiger partial charge in [-0.1, -0.05) is 35.0 Å². The zero-order valence-electron chi connectivity index (χ0n) is 21.4. The Labute approximate surface area is 238 Å². The Kier molecular flexibility index (Phi) is 6.92. The Balaban J connectivity index is 1.31. The summed E-state index contributed by atoms with van der Waals surface area (Å²) in [6.07, 6.45) is 2.38. The van der Waals surface area contributed by atoms with Gasteiger partial charge in [0.25, 0.3) is 5.91 Å². The van der Waals surface area contributed by atoms with Crippen LogP contribution < -0.4 is 0 Å². The van der Waals surface area contributed by atoms with Crippen molar-refractivity contribution in [2.75, 3.05) is 19.8 Å². The van der Waals surface area contributed by atoms with Crippen molar-refractivity contribution in [3.05, 3.63) is 92.9 Å². The van der Waals surface area contributed by atoms with Gasteiger partial charge in [-0.15, -0.1) is 5.10 Å². The molecule has 0 bridgehead atoms. The number of aromatic nitrogens is 6. The highest BCUT2D eigenvalue weighted by molar-refractivity contribution is 9.10. The number of nitrogens with zero attached hydrogens (tertiary/aromatic N) is 7. The van der Waals surface area contributed by atoms with E-state index in [0.717, 1.165) is 38.3 Å². The van der Waals surface area contributed by atoms with Crippen LogP contribution in [0.5, 0.6) is 0 Å².